The summed E-state index contributed by atoms with van der Waals surface area (Å²) in [6.45, 7) is 2.40. The molecule has 4 rings (SSSR count). The Morgan fingerprint density at radius 2 is 1.62 bits per heavy atom. The maximum Gasteiger partial charge on any atom is 0.227 e. The van der Waals surface area contributed by atoms with Crippen molar-refractivity contribution in [2.75, 3.05) is 19.6 Å². The predicted octanol–water partition coefficient (Wildman–Crippen LogP) is 4.59. The maximum atomic E-state index is 13.3. The number of piperazine rings is 1. The summed E-state index contributed by atoms with van der Waals surface area (Å²) in [5.41, 5.74) is 4.28. The third-order valence-electron chi connectivity index (χ3n) is 5.51. The second kappa shape index (κ2) is 9.25. The molecular weight excluding hydrogens is 380 g/mol. The fourth-order valence-electron chi connectivity index (χ4n) is 4.04. The van der Waals surface area contributed by atoms with E-state index in [0.717, 1.165) is 42.7 Å². The number of carbonyl (C=O) groups excluding carboxylic acids is 1. The molecule has 1 unspecified atom stereocenters. The summed E-state index contributed by atoms with van der Waals surface area (Å²) < 4.78 is 0. The smallest absolute Gasteiger partial charge is 0.227 e. The molecule has 3 aromatic rings. The van der Waals surface area contributed by atoms with E-state index in [-0.39, 0.29) is 11.9 Å². The second-order valence-corrected chi connectivity index (χ2v) is 7.86. The fourth-order valence-corrected chi connectivity index (χ4v) is 4.28. The number of rotatable bonds is 5. The van der Waals surface area contributed by atoms with Crippen LogP contribution in [0.15, 0.2) is 78.9 Å². The zero-order chi connectivity index (χ0) is 20.1. The van der Waals surface area contributed by atoms with Crippen molar-refractivity contribution in [2.45, 2.75) is 18.9 Å². The quantitative estimate of drug-likeness (QED) is 0.674. The average Bonchev–Trinajstić information content (AvgIpc) is 2.76. The van der Waals surface area contributed by atoms with Gasteiger partial charge in [-0.1, -0.05) is 84.4 Å². The van der Waals surface area contributed by atoms with Gasteiger partial charge in [0, 0.05) is 36.3 Å². The Kier molecular flexibility index (Phi) is 6.28. The van der Waals surface area contributed by atoms with Gasteiger partial charge in [-0.2, -0.15) is 0 Å². The Morgan fingerprint density at radius 1 is 0.931 bits per heavy atom. The van der Waals surface area contributed by atoms with Crippen molar-refractivity contribution >= 4 is 17.5 Å². The monoisotopic (exact) mass is 404 g/mol. The molecule has 0 radical (unpaired) electrons. The summed E-state index contributed by atoms with van der Waals surface area (Å²) >= 11 is 6.43. The highest BCUT2D eigenvalue weighted by atomic mass is 35.5. The molecule has 1 aliphatic rings. The summed E-state index contributed by atoms with van der Waals surface area (Å²) in [4.78, 5) is 15.4. The lowest BCUT2D eigenvalue weighted by atomic mass is 9.96. The topological polar surface area (TPSA) is 32.3 Å². The van der Waals surface area contributed by atoms with Gasteiger partial charge in [-0.05, 0) is 29.2 Å². The molecule has 4 heteroatoms. The molecule has 1 aliphatic heterocycles. The van der Waals surface area contributed by atoms with Gasteiger partial charge in [0.15, 0.2) is 0 Å². The first-order valence-electron chi connectivity index (χ1n) is 10.1. The number of amides is 1. The number of hydrogen-bond donors (Lipinski definition) is 1. The van der Waals surface area contributed by atoms with Gasteiger partial charge < -0.3 is 10.2 Å². The van der Waals surface area contributed by atoms with Crippen molar-refractivity contribution < 1.29 is 4.79 Å². The van der Waals surface area contributed by atoms with E-state index >= 15 is 0 Å². The zero-order valence-electron chi connectivity index (χ0n) is 16.4. The van der Waals surface area contributed by atoms with Crippen molar-refractivity contribution in [3.63, 3.8) is 0 Å². The number of halogens is 1. The van der Waals surface area contributed by atoms with Crippen LogP contribution in [0.5, 0.6) is 0 Å². The summed E-state index contributed by atoms with van der Waals surface area (Å²) in [5.74, 6) is 0.173. The lowest BCUT2D eigenvalue weighted by molar-refractivity contribution is -0.133. The molecule has 1 saturated heterocycles. The van der Waals surface area contributed by atoms with Gasteiger partial charge in [-0.25, -0.2) is 0 Å². The number of nitrogens with zero attached hydrogens (tertiary/aromatic N) is 1. The van der Waals surface area contributed by atoms with Crippen molar-refractivity contribution in [3.05, 3.63) is 95.0 Å². The standard InChI is InChI=1S/C25H25ClN2O/c26-24-13-7-6-12-23(24)22-11-5-4-10-20(22)17-25(29)28-15-14-27-18-21(28)16-19-8-2-1-3-9-19/h1-13,21,27H,14-18H2. The predicted molar refractivity (Wildman–Crippen MR) is 119 cm³/mol. The minimum absolute atomic E-state index is 0.172. The van der Waals surface area contributed by atoms with Crippen LogP contribution in [-0.2, 0) is 17.6 Å². The molecule has 0 spiro atoms. The molecule has 1 heterocycles. The Morgan fingerprint density at radius 3 is 2.41 bits per heavy atom. The van der Waals surface area contributed by atoms with Gasteiger partial charge in [0.1, 0.15) is 0 Å². The van der Waals surface area contributed by atoms with Crippen LogP contribution < -0.4 is 5.32 Å². The molecule has 1 atom stereocenters. The van der Waals surface area contributed by atoms with Crippen molar-refractivity contribution in [3.8, 4) is 11.1 Å². The number of benzene rings is 3. The third kappa shape index (κ3) is 4.69. The lowest BCUT2D eigenvalue weighted by Gasteiger charge is -2.36. The highest BCUT2D eigenvalue weighted by molar-refractivity contribution is 6.33. The van der Waals surface area contributed by atoms with E-state index in [0.29, 0.717) is 11.4 Å². The maximum absolute atomic E-state index is 13.3. The van der Waals surface area contributed by atoms with E-state index < -0.39 is 0 Å². The molecule has 1 fully saturated rings. The van der Waals surface area contributed by atoms with Crippen molar-refractivity contribution in [1.29, 1.82) is 0 Å². The van der Waals surface area contributed by atoms with Crippen LogP contribution in [0.4, 0.5) is 0 Å². The molecule has 0 saturated carbocycles. The highest BCUT2D eigenvalue weighted by Gasteiger charge is 2.27. The van der Waals surface area contributed by atoms with Gasteiger partial charge in [-0.15, -0.1) is 0 Å². The van der Waals surface area contributed by atoms with Gasteiger partial charge in [-0.3, -0.25) is 4.79 Å². The molecule has 1 amide bonds. The van der Waals surface area contributed by atoms with E-state index in [2.05, 4.69) is 29.6 Å². The number of carbonyl (C=O) groups is 1. The van der Waals surface area contributed by atoms with Crippen LogP contribution in [0.2, 0.25) is 5.02 Å². The highest BCUT2D eigenvalue weighted by Crippen LogP contribution is 2.31. The summed E-state index contributed by atoms with van der Waals surface area (Å²) in [7, 11) is 0. The van der Waals surface area contributed by atoms with Crippen LogP contribution in [0.25, 0.3) is 11.1 Å². The molecule has 148 valence electrons. The Labute approximate surface area is 177 Å². The summed E-state index contributed by atoms with van der Waals surface area (Å²) in [6, 6.07) is 26.4. The molecular formula is C25H25ClN2O. The molecule has 0 aromatic heterocycles. The van der Waals surface area contributed by atoms with Crippen LogP contribution >= 0.6 is 11.6 Å². The van der Waals surface area contributed by atoms with E-state index in [1.54, 1.807) is 0 Å². The Hall–Kier alpha value is -2.62. The van der Waals surface area contributed by atoms with Crippen LogP contribution in [0, 0.1) is 0 Å². The largest absolute Gasteiger partial charge is 0.337 e. The molecule has 29 heavy (non-hydrogen) atoms. The molecule has 3 nitrogen and oxygen atoms in total. The van der Waals surface area contributed by atoms with Crippen LogP contribution in [0.3, 0.4) is 0 Å². The van der Waals surface area contributed by atoms with Gasteiger partial charge in [0.2, 0.25) is 5.91 Å². The van der Waals surface area contributed by atoms with Crippen molar-refractivity contribution in [1.82, 2.24) is 10.2 Å². The van der Waals surface area contributed by atoms with Crippen LogP contribution in [0.1, 0.15) is 11.1 Å². The van der Waals surface area contributed by atoms with Crippen molar-refractivity contribution in [2.24, 2.45) is 0 Å². The summed E-state index contributed by atoms with van der Waals surface area (Å²) in [6.07, 6.45) is 1.25. The minimum atomic E-state index is 0.172. The second-order valence-electron chi connectivity index (χ2n) is 7.45. The normalized spacial score (nSPS) is 16.6. The molecule has 0 aliphatic carbocycles. The lowest BCUT2D eigenvalue weighted by Crippen LogP contribution is -2.54. The molecule has 3 aromatic carbocycles. The molecule has 0 bridgehead atoms. The zero-order valence-corrected chi connectivity index (χ0v) is 17.1. The van der Waals surface area contributed by atoms with E-state index in [1.807, 2.05) is 59.5 Å². The summed E-state index contributed by atoms with van der Waals surface area (Å²) in [5, 5.41) is 4.14. The van der Waals surface area contributed by atoms with E-state index in [4.69, 9.17) is 11.6 Å². The Bertz CT molecular complexity index is 973. The average molecular weight is 405 g/mol. The van der Waals surface area contributed by atoms with Gasteiger partial charge >= 0.3 is 0 Å². The first-order chi connectivity index (χ1) is 14.2. The SMILES string of the molecule is O=C(Cc1ccccc1-c1ccccc1Cl)N1CCNCC1Cc1ccccc1. The van der Waals surface area contributed by atoms with Gasteiger partial charge in [0.05, 0.1) is 6.42 Å². The first kappa shape index (κ1) is 19.7. The number of nitrogens with one attached hydrogen (secondary N) is 1. The van der Waals surface area contributed by atoms with Gasteiger partial charge in [0.25, 0.3) is 0 Å². The van der Waals surface area contributed by atoms with E-state index in [1.165, 1.54) is 5.56 Å². The fraction of sp³-hybridized carbons (Fsp3) is 0.240. The minimum Gasteiger partial charge on any atom is -0.337 e. The van der Waals surface area contributed by atoms with Crippen LogP contribution in [-0.4, -0.2) is 36.5 Å². The number of hydrogen-bond acceptors (Lipinski definition) is 2. The molecule has 1 N–H and O–H groups in total. The van der Waals surface area contributed by atoms with E-state index in [9.17, 15) is 4.79 Å². The third-order valence-corrected chi connectivity index (χ3v) is 5.84. The Balaban J connectivity index is 1.55. The first-order valence-corrected chi connectivity index (χ1v) is 10.5.